The van der Waals surface area contributed by atoms with E-state index in [1.165, 1.54) is 17.1 Å². The molecule has 0 fully saturated rings. The molecule has 0 aliphatic rings. The molecule has 0 saturated heterocycles. The van der Waals surface area contributed by atoms with E-state index in [1.807, 2.05) is 0 Å². The Balaban J connectivity index is 1.75. The van der Waals surface area contributed by atoms with Crippen molar-refractivity contribution >= 4 is 11.7 Å². The van der Waals surface area contributed by atoms with Gasteiger partial charge in [-0.2, -0.15) is 0 Å². The molecule has 0 aliphatic carbocycles. The molecule has 19 heavy (non-hydrogen) atoms. The number of rotatable bonds is 6. The smallest absolute Gasteiger partial charge is 0.358 e. The van der Waals surface area contributed by atoms with Crippen molar-refractivity contribution < 1.29 is 9.72 Å². The number of nitro groups is 1. The molecule has 0 unspecified atom stereocenters. The number of carbonyl (C=O) groups is 1. The van der Waals surface area contributed by atoms with Crippen molar-refractivity contribution in [2.24, 2.45) is 0 Å². The number of amides is 1. The maximum absolute atomic E-state index is 11.5. The number of H-pyrrole nitrogens is 1. The van der Waals surface area contributed by atoms with Crippen LogP contribution in [0.4, 0.5) is 5.82 Å². The zero-order valence-electron chi connectivity index (χ0n) is 9.94. The molecular formula is C10H12N6O3. The number of aromatic nitrogens is 4. The van der Waals surface area contributed by atoms with Crippen molar-refractivity contribution in [3.8, 4) is 0 Å². The van der Waals surface area contributed by atoms with Gasteiger partial charge in [0.1, 0.15) is 12.0 Å². The normalized spacial score (nSPS) is 10.3. The van der Waals surface area contributed by atoms with E-state index in [0.717, 1.165) is 0 Å². The molecule has 2 aromatic rings. The topological polar surface area (TPSA) is 119 Å². The van der Waals surface area contributed by atoms with Crippen LogP contribution in [0.5, 0.6) is 0 Å². The molecule has 2 N–H and O–H groups in total. The van der Waals surface area contributed by atoms with E-state index in [4.69, 9.17) is 0 Å². The molecule has 1 amide bonds. The first kappa shape index (κ1) is 12.7. The van der Waals surface area contributed by atoms with Gasteiger partial charge >= 0.3 is 5.82 Å². The van der Waals surface area contributed by atoms with Gasteiger partial charge in [-0.1, -0.05) is 0 Å². The number of carbonyl (C=O) groups excluding carboxylic acids is 1. The maximum Gasteiger partial charge on any atom is 0.381 e. The van der Waals surface area contributed by atoms with Gasteiger partial charge in [-0.3, -0.25) is 4.79 Å². The largest absolute Gasteiger partial charge is 0.381 e. The second kappa shape index (κ2) is 5.76. The zero-order chi connectivity index (χ0) is 13.7. The third-order valence-corrected chi connectivity index (χ3v) is 2.41. The van der Waals surface area contributed by atoms with Gasteiger partial charge in [-0.15, -0.1) is 0 Å². The third kappa shape index (κ3) is 3.63. The van der Waals surface area contributed by atoms with Crippen LogP contribution in [0.1, 0.15) is 12.2 Å². The van der Waals surface area contributed by atoms with Gasteiger partial charge in [0.2, 0.25) is 12.2 Å². The van der Waals surface area contributed by atoms with Crippen molar-refractivity contribution in [1.29, 1.82) is 0 Å². The molecule has 2 heterocycles. The summed E-state index contributed by atoms with van der Waals surface area (Å²) in [5, 5.41) is 13.1. The summed E-state index contributed by atoms with van der Waals surface area (Å²) < 4.78 is 1.50. The summed E-state index contributed by atoms with van der Waals surface area (Å²) in [6, 6.07) is 0. The van der Waals surface area contributed by atoms with E-state index in [1.54, 1.807) is 12.4 Å². The number of aryl methyl sites for hydroxylation is 1. The predicted molar refractivity (Wildman–Crippen MR) is 63.9 cm³/mol. The van der Waals surface area contributed by atoms with E-state index in [9.17, 15) is 14.9 Å². The van der Waals surface area contributed by atoms with Crippen LogP contribution >= 0.6 is 0 Å². The average molecular weight is 264 g/mol. The summed E-state index contributed by atoms with van der Waals surface area (Å²) in [5.74, 6) is 0.287. The summed E-state index contributed by atoms with van der Waals surface area (Å²) in [7, 11) is 0. The first-order valence-electron chi connectivity index (χ1n) is 5.56. The molecule has 9 heteroatoms. The second-order valence-corrected chi connectivity index (χ2v) is 3.79. The minimum Gasteiger partial charge on any atom is -0.358 e. The van der Waals surface area contributed by atoms with Crippen LogP contribution in [0.3, 0.4) is 0 Å². The molecule has 0 aromatic carbocycles. The molecule has 0 bridgehead atoms. The Hall–Kier alpha value is -2.71. The predicted octanol–water partition coefficient (Wildman–Crippen LogP) is 0.221. The van der Waals surface area contributed by atoms with Crippen LogP contribution in [0, 0.1) is 10.1 Å². The monoisotopic (exact) mass is 264 g/mol. The summed E-state index contributed by atoms with van der Waals surface area (Å²) in [6.45, 7) is 0.667. The lowest BCUT2D eigenvalue weighted by molar-refractivity contribution is -0.389. The van der Waals surface area contributed by atoms with E-state index in [2.05, 4.69) is 20.3 Å². The SMILES string of the molecule is O=C(CCn1cnc([N+](=O)[O-])c1)NCc1ncc[nH]1. The summed E-state index contributed by atoms with van der Waals surface area (Å²) in [4.78, 5) is 31.8. The Kier molecular flexibility index (Phi) is 3.86. The van der Waals surface area contributed by atoms with Crippen molar-refractivity contribution in [3.05, 3.63) is 40.9 Å². The first-order chi connectivity index (χ1) is 9.15. The Labute approximate surface area is 107 Å². The van der Waals surface area contributed by atoms with Gasteiger partial charge in [-0.25, -0.2) is 4.98 Å². The van der Waals surface area contributed by atoms with Gasteiger partial charge in [-0.05, 0) is 9.91 Å². The molecule has 0 atom stereocenters. The van der Waals surface area contributed by atoms with Crippen LogP contribution in [-0.4, -0.2) is 30.3 Å². The molecule has 2 rings (SSSR count). The average Bonchev–Trinajstić information content (AvgIpc) is 3.05. The van der Waals surface area contributed by atoms with Crippen molar-refractivity contribution in [1.82, 2.24) is 24.8 Å². The molecule has 0 saturated carbocycles. The van der Waals surface area contributed by atoms with Gasteiger partial charge < -0.3 is 25.0 Å². The number of hydrogen-bond donors (Lipinski definition) is 2. The van der Waals surface area contributed by atoms with Crippen molar-refractivity contribution in [2.45, 2.75) is 19.5 Å². The summed E-state index contributed by atoms with van der Waals surface area (Å²) in [6.07, 6.45) is 6.12. The molecule has 0 radical (unpaired) electrons. The van der Waals surface area contributed by atoms with Crippen LogP contribution < -0.4 is 5.32 Å². The Morgan fingerprint density at radius 1 is 1.53 bits per heavy atom. The van der Waals surface area contributed by atoms with Gasteiger partial charge in [0, 0.05) is 25.4 Å². The number of nitrogens with one attached hydrogen (secondary N) is 2. The lowest BCUT2D eigenvalue weighted by Crippen LogP contribution is -2.24. The van der Waals surface area contributed by atoms with Crippen LogP contribution in [-0.2, 0) is 17.9 Å². The number of nitrogens with zero attached hydrogens (tertiary/aromatic N) is 4. The number of aromatic amines is 1. The molecule has 9 nitrogen and oxygen atoms in total. The van der Waals surface area contributed by atoms with E-state index in [-0.39, 0.29) is 18.1 Å². The molecule has 2 aromatic heterocycles. The molecule has 0 spiro atoms. The number of hydrogen-bond acceptors (Lipinski definition) is 5. The molecular weight excluding hydrogens is 252 g/mol. The highest BCUT2D eigenvalue weighted by molar-refractivity contribution is 5.75. The van der Waals surface area contributed by atoms with Crippen LogP contribution in [0.15, 0.2) is 24.9 Å². The van der Waals surface area contributed by atoms with Gasteiger partial charge in [0.15, 0.2) is 0 Å². The van der Waals surface area contributed by atoms with E-state index < -0.39 is 4.92 Å². The Bertz CT molecular complexity index is 562. The highest BCUT2D eigenvalue weighted by Gasteiger charge is 2.10. The van der Waals surface area contributed by atoms with Gasteiger partial charge in [0.05, 0.1) is 6.54 Å². The lowest BCUT2D eigenvalue weighted by atomic mass is 10.4. The highest BCUT2D eigenvalue weighted by atomic mass is 16.6. The van der Waals surface area contributed by atoms with E-state index in [0.29, 0.717) is 18.9 Å². The second-order valence-electron chi connectivity index (χ2n) is 3.79. The Morgan fingerprint density at radius 2 is 2.37 bits per heavy atom. The minimum absolute atomic E-state index is 0.159. The van der Waals surface area contributed by atoms with Crippen molar-refractivity contribution in [2.75, 3.05) is 0 Å². The third-order valence-electron chi connectivity index (χ3n) is 2.41. The van der Waals surface area contributed by atoms with Crippen LogP contribution in [0.2, 0.25) is 0 Å². The maximum atomic E-state index is 11.5. The zero-order valence-corrected chi connectivity index (χ0v) is 9.94. The fraction of sp³-hybridized carbons (Fsp3) is 0.300. The minimum atomic E-state index is -0.576. The quantitative estimate of drug-likeness (QED) is 0.571. The van der Waals surface area contributed by atoms with Crippen LogP contribution in [0.25, 0.3) is 0 Å². The molecule has 0 aliphatic heterocycles. The number of imidazole rings is 2. The standard InChI is InChI=1S/C10H12N6O3/c17-10(13-5-8-11-2-3-12-8)1-4-15-6-9(14-7-15)16(18)19/h2-3,6-7H,1,4-5H2,(H,11,12)(H,13,17). The lowest BCUT2D eigenvalue weighted by Gasteiger charge is -2.03. The van der Waals surface area contributed by atoms with Crippen molar-refractivity contribution in [3.63, 3.8) is 0 Å². The van der Waals surface area contributed by atoms with E-state index >= 15 is 0 Å². The summed E-state index contributed by atoms with van der Waals surface area (Å²) >= 11 is 0. The van der Waals surface area contributed by atoms with Gasteiger partial charge in [0.25, 0.3) is 0 Å². The fourth-order valence-corrected chi connectivity index (χ4v) is 1.46. The Morgan fingerprint density at radius 3 is 3.00 bits per heavy atom. The molecule has 100 valence electrons. The first-order valence-corrected chi connectivity index (χ1v) is 5.56. The highest BCUT2D eigenvalue weighted by Crippen LogP contribution is 2.05. The fourth-order valence-electron chi connectivity index (χ4n) is 1.46. The summed E-state index contributed by atoms with van der Waals surface area (Å²) in [5.41, 5.74) is 0.